The molecular weight excluding hydrogens is 1780 g/mol. The van der Waals surface area contributed by atoms with Crippen LogP contribution in [0.1, 0.15) is 134 Å². The highest BCUT2D eigenvalue weighted by Gasteiger charge is 2.25. The van der Waals surface area contributed by atoms with E-state index in [9.17, 15) is 54.8 Å². The van der Waals surface area contributed by atoms with Gasteiger partial charge in [-0.1, -0.05) is 538 Å². The maximum absolute atomic E-state index is 10.3. The Labute approximate surface area is 1000 Å². The fourth-order valence-corrected chi connectivity index (χ4v) is 16.1. The van der Waals surface area contributed by atoms with Gasteiger partial charge in [0.05, 0.1) is 134 Å². The van der Waals surface area contributed by atoms with Crippen molar-refractivity contribution in [3.05, 3.63) is 592 Å². The van der Waals surface area contributed by atoms with Crippen molar-refractivity contribution in [1.29, 1.82) is 0 Å². The second kappa shape index (κ2) is 39.2. The lowest BCUT2D eigenvalue weighted by atomic mass is 9.83. The molecule has 0 radical (unpaired) electrons. The van der Waals surface area contributed by atoms with Gasteiger partial charge in [-0.25, -0.2) is 0 Å². The van der Waals surface area contributed by atoms with E-state index in [1.54, 1.807) is 0 Å². The summed E-state index contributed by atoms with van der Waals surface area (Å²) < 4.78 is 884. The fourth-order valence-electron chi connectivity index (χ4n) is 16.1. The monoisotopic (exact) mass is 1970 g/mol. The maximum Gasteiger partial charge on any atom is 0.0636 e. The van der Waals surface area contributed by atoms with E-state index in [1.807, 2.05) is 0 Å². The van der Waals surface area contributed by atoms with Crippen molar-refractivity contribution in [2.24, 2.45) is 0 Å². The molecule has 0 heterocycles. The van der Waals surface area contributed by atoms with E-state index >= 15 is 0 Å². The second-order valence-corrected chi connectivity index (χ2v) is 31.0. The Bertz CT molecular complexity index is 16300. The third kappa shape index (κ3) is 17.2. The molecule has 0 unspecified atom stereocenters. The van der Waals surface area contributed by atoms with Gasteiger partial charge in [0.15, 0.2) is 0 Å². The van der Waals surface area contributed by atoms with Crippen molar-refractivity contribution in [2.75, 3.05) is 0 Å². The molecule has 0 aromatic heterocycles. The van der Waals surface area contributed by atoms with Crippen LogP contribution in [0.15, 0.2) is 592 Å². The van der Waals surface area contributed by atoms with Crippen molar-refractivity contribution in [2.45, 2.75) is 0 Å². The Balaban J connectivity index is 0.000000166. The standard InChI is InChI=1S/C52H34.2C48H32/c1-2-12-35(13-3-1)37-24-26-38(27-25-37)41-18-10-19-43(32-41)51-47-21-8-9-22-48(47)52(44-29-28-36-14-4-5-16-40(36)33-44)50-34-42(30-31-49(50)51)46-23-11-17-39-15-6-7-20-45(39)46;1-3-12-33(13-4-1)36-22-24-37(25-23-36)39-18-11-19-41(30-39)48-44-21-10-9-20-43(44)47(42-27-26-35-16-7-8-17-38(35)31-42)45-29-28-40(32-46(45)48)34-14-5-2-6-15-34;1-3-12-33(13-4-1)36-22-24-37(25-23-36)39-18-11-19-41(30-39)47-43-20-9-10-21-44(43)48(42-27-26-35-16-7-8-17-38(35)31-42)46-32-40(28-29-45(46)47)34-14-5-2-6-15-34/h1-34H;2*1-32H/i1D,2D,3D,4D,5D,6D,7D,8D,9D,10D,11D,12D,13D,14D,15D,16D,17D,18D,19D,20D,21D,22D,23D,24D,25D,26D,27D,28D,29D,30D,31D,32D,33D,34D;2*1D,2D,3D,4D,5D,6D,7D,8D,9D,10D,11D,12D,13D,14D,15D,16D,17D,18D,19D,20D,21D,22D,23D,24D,25D,26D,27D,28D,29D,30D,31D,32D. The van der Waals surface area contributed by atoms with Crippen LogP contribution in [-0.2, 0) is 0 Å². The molecule has 0 nitrogen and oxygen atoms in total. The molecule has 0 heteroatoms. The van der Waals surface area contributed by atoms with E-state index in [4.69, 9.17) is 79.5 Å². The highest BCUT2D eigenvalue weighted by Crippen LogP contribution is 2.52. The number of hydrogen-bond acceptors (Lipinski definition) is 0. The molecule has 0 fully saturated rings. The van der Waals surface area contributed by atoms with Crippen molar-refractivity contribution < 1.29 is 134 Å². The molecule has 148 heavy (non-hydrogen) atoms. The van der Waals surface area contributed by atoms with Gasteiger partial charge in [0, 0.05) is 0 Å². The molecule has 0 saturated carbocycles. The number of rotatable bonds is 15. The van der Waals surface area contributed by atoms with Crippen LogP contribution < -0.4 is 0 Å². The molecule has 0 spiro atoms. The van der Waals surface area contributed by atoms with E-state index in [2.05, 4.69) is 0 Å². The lowest BCUT2D eigenvalue weighted by molar-refractivity contribution is 1.58. The molecule has 0 amide bonds. The molecule has 0 aliphatic rings. The topological polar surface area (TPSA) is 0 Å². The lowest BCUT2D eigenvalue weighted by Gasteiger charge is -2.20. The summed E-state index contributed by atoms with van der Waals surface area (Å²) >= 11 is 0. The van der Waals surface area contributed by atoms with Crippen LogP contribution in [0.2, 0.25) is 0 Å². The van der Waals surface area contributed by atoms with Crippen LogP contribution in [0.5, 0.6) is 0 Å². The normalized spacial score (nSPS) is 20.6. The van der Waals surface area contributed by atoms with Gasteiger partial charge >= 0.3 is 0 Å². The molecule has 0 aliphatic heterocycles. The average Bonchev–Trinajstić information content (AvgIpc) is 0.678. The van der Waals surface area contributed by atoms with Crippen LogP contribution in [-0.4, -0.2) is 0 Å². The van der Waals surface area contributed by atoms with Gasteiger partial charge in [-0.15, -0.1) is 0 Å². The van der Waals surface area contributed by atoms with Crippen molar-refractivity contribution in [1.82, 2.24) is 0 Å². The number of fused-ring (bicyclic) bond motifs is 10. The highest BCUT2D eigenvalue weighted by atomic mass is 14.3. The summed E-state index contributed by atoms with van der Waals surface area (Å²) in [7, 11) is 0. The largest absolute Gasteiger partial charge is 0.0636 e. The minimum atomic E-state index is -1.24. The summed E-state index contributed by atoms with van der Waals surface area (Å²) in [6.45, 7) is 0. The summed E-state index contributed by atoms with van der Waals surface area (Å²) in [4.78, 5) is 0. The molecule has 0 atom stereocenters. The Kier molecular flexibility index (Phi) is 8.79. The first-order valence-electron chi connectivity index (χ1n) is 92.2. The Hall–Kier alpha value is -19.2. The molecule has 690 valence electrons. The summed E-state index contributed by atoms with van der Waals surface area (Å²) in [5.74, 6) is 0. The Morgan fingerprint density at radius 2 is 0.250 bits per heavy atom. The van der Waals surface area contributed by atoms with Crippen molar-refractivity contribution in [3.8, 4) is 167 Å². The Morgan fingerprint density at radius 3 is 0.554 bits per heavy atom. The van der Waals surface area contributed by atoms with Crippen LogP contribution in [0.25, 0.3) is 275 Å². The molecule has 28 aromatic carbocycles. The van der Waals surface area contributed by atoms with E-state index in [0.29, 0.717) is 0 Å². The highest BCUT2D eigenvalue weighted by molar-refractivity contribution is 6.26. The van der Waals surface area contributed by atoms with Gasteiger partial charge in [0.2, 0.25) is 0 Å². The molecule has 0 bridgehead atoms. The summed E-state index contributed by atoms with van der Waals surface area (Å²) in [6.07, 6.45) is 0. The van der Waals surface area contributed by atoms with Gasteiger partial charge in [0.1, 0.15) is 0 Å². The molecule has 28 rings (SSSR count). The third-order valence-corrected chi connectivity index (χ3v) is 22.6. The minimum absolute atomic E-state index is 0.655. The van der Waals surface area contributed by atoms with Gasteiger partial charge in [-0.3, -0.25) is 0 Å². The van der Waals surface area contributed by atoms with E-state index in [0.717, 1.165) is 0 Å². The van der Waals surface area contributed by atoms with Crippen molar-refractivity contribution >= 4 is 108 Å². The zero-order valence-electron chi connectivity index (χ0n) is 172. The first kappa shape index (κ1) is 33.2. The number of benzene rings is 28. The van der Waals surface area contributed by atoms with Crippen LogP contribution in [0.4, 0.5) is 0 Å². The van der Waals surface area contributed by atoms with E-state index in [1.165, 1.54) is 0 Å². The third-order valence-electron chi connectivity index (χ3n) is 22.6. The van der Waals surface area contributed by atoms with Crippen molar-refractivity contribution in [3.63, 3.8) is 0 Å². The zero-order chi connectivity index (χ0) is 183. The molecular formula is C148H98. The fraction of sp³-hybridized carbons (Fsp3) is 0. The lowest BCUT2D eigenvalue weighted by Crippen LogP contribution is -1.92. The van der Waals surface area contributed by atoms with Crippen LogP contribution >= 0.6 is 0 Å². The van der Waals surface area contributed by atoms with Crippen LogP contribution in [0, 0.1) is 0 Å². The maximum atomic E-state index is 10.3. The SMILES string of the molecule is [2H]c1c([2H])c([2H])c(-c2c([2H])c([2H])c(-c3c([2H])c([2H])c([2H])c(-c4c5c([2H])c([2H])c([2H])c([2H])c5c(-c5c([2H])c([2H])c6c([2H])c([2H])c([2H])c([2H])c6c5[2H])c5c([2H])c(-c6c([2H])c([2H])c([2H])c([2H])c6[2H])c([2H])c([2H])c45)c3[2H])c([2H])c2[2H])c([2H])c1[2H].[2H]c1c([2H])c([2H])c(-c2c([2H])c([2H])c(-c3c([2H])c([2H])c([2H])c(-c4c5c([2H])c([2H])c([2H])c([2H])c5c(-c5c([2H])c([2H])c6c([2H])c([2H])c([2H])c([2H])c6c5[2H])c5c([2H])c(-c6c([2H])c([2H])c([2H])c7c([2H])c([2H])c([2H])c([2H])c67)c([2H])c([2H])c45)c3[2H])c([2H])c2[2H])c([2H])c1[2H].[2H]c1c([2H])c([2H])c(-c2c([2H])c([2H])c(-c3c([2H])c([2H])c([2H])c(-c4c5c([2H])c([2H])c([2H])c([2H])c5c(-c5c([2H])c([2H])c6c([2H])c([2H])c([2H])c([2H])c6c5[2H])c5c([2H])c([2H])c(-c6c([2H])c([2H])c([2H])c([2H])c6[2H])c([2H])c45)c3[2H])c([2H])c2[2H])c([2H])c1[2H]. The zero-order valence-corrected chi connectivity index (χ0v) is 74.0. The predicted octanol–water partition coefficient (Wildman–Crippen LogP) is 41.6. The summed E-state index contributed by atoms with van der Waals surface area (Å²) in [6, 6.07) is -103. The van der Waals surface area contributed by atoms with Gasteiger partial charge < -0.3 is 0 Å². The quantitative estimate of drug-likeness (QED) is 0.0898. The average molecular weight is 1980 g/mol. The Morgan fingerprint density at radius 1 is 0.0811 bits per heavy atom. The molecule has 0 N–H and O–H groups in total. The first-order chi connectivity index (χ1) is 114. The molecule has 28 aromatic rings. The molecule has 0 aliphatic carbocycles. The van der Waals surface area contributed by atoms with Crippen LogP contribution in [0.3, 0.4) is 0 Å². The number of hydrogen-bond donors (Lipinski definition) is 0. The smallest absolute Gasteiger partial charge is 0.0622 e. The van der Waals surface area contributed by atoms with Gasteiger partial charge in [-0.2, -0.15) is 0 Å². The predicted molar refractivity (Wildman–Crippen MR) is 636 cm³/mol. The van der Waals surface area contributed by atoms with Gasteiger partial charge in [-0.05, 0) is 329 Å². The second-order valence-electron chi connectivity index (χ2n) is 31.0. The van der Waals surface area contributed by atoms with E-state index < -0.39 is 867 Å². The van der Waals surface area contributed by atoms with E-state index in [-0.39, 0.29) is 0 Å². The summed E-state index contributed by atoms with van der Waals surface area (Å²) in [5.41, 5.74) is -27.7. The minimum Gasteiger partial charge on any atom is -0.0622 e. The summed E-state index contributed by atoms with van der Waals surface area (Å²) in [5, 5.41) is -16.7. The first-order valence-corrected chi connectivity index (χ1v) is 43.2. The molecule has 0 saturated heterocycles. The van der Waals surface area contributed by atoms with Gasteiger partial charge in [0.25, 0.3) is 0 Å².